The number of hydrogen-bond donors (Lipinski definition) is 3. The van der Waals surface area contributed by atoms with Gasteiger partial charge in [-0.1, -0.05) is 31.5 Å². The quantitative estimate of drug-likeness (QED) is 0.347. The van der Waals surface area contributed by atoms with Crippen molar-refractivity contribution in [2.24, 2.45) is 11.8 Å². The number of ether oxygens (including phenoxy) is 1. The van der Waals surface area contributed by atoms with Crippen LogP contribution in [0, 0.1) is 11.8 Å². The van der Waals surface area contributed by atoms with E-state index in [0.29, 0.717) is 12.8 Å². The number of aliphatic hydroxyl groups is 2. The Morgan fingerprint density at radius 3 is 2.51 bits per heavy atom. The molecule has 1 heterocycles. The summed E-state index contributed by atoms with van der Waals surface area (Å²) in [7, 11) is 0. The number of aliphatic hydroxyl groups excluding tert-OH is 1. The fourth-order valence-electron chi connectivity index (χ4n) is 4.53. The summed E-state index contributed by atoms with van der Waals surface area (Å²) in [5.74, 6) is -2.65. The lowest BCUT2D eigenvalue weighted by Gasteiger charge is -2.39. The predicted molar refractivity (Wildman–Crippen MR) is 139 cm³/mol. The van der Waals surface area contributed by atoms with Gasteiger partial charge in [-0.2, -0.15) is 35.5 Å². The summed E-state index contributed by atoms with van der Waals surface area (Å²) in [5.41, 5.74) is -1.56. The molecule has 1 aromatic heterocycles. The third kappa shape index (κ3) is 8.93. The number of halogens is 6. The first-order valence-electron chi connectivity index (χ1n) is 12.6. The Balaban J connectivity index is 0.00000187. The number of amides is 1. The van der Waals surface area contributed by atoms with Crippen molar-refractivity contribution in [3.63, 3.8) is 0 Å². The molecule has 3 N–H and O–H groups in total. The van der Waals surface area contributed by atoms with Crippen molar-refractivity contribution in [3.8, 4) is 17.0 Å². The van der Waals surface area contributed by atoms with Crippen molar-refractivity contribution in [2.75, 3.05) is 6.54 Å². The number of nitrogens with zero attached hydrogens (tertiary/aromatic N) is 2. The van der Waals surface area contributed by atoms with Crippen LogP contribution in [0.5, 0.6) is 5.75 Å². The molecule has 1 saturated carbocycles. The van der Waals surface area contributed by atoms with E-state index in [9.17, 15) is 37.0 Å². The van der Waals surface area contributed by atoms with E-state index in [0.717, 1.165) is 13.0 Å². The molecule has 9 nitrogen and oxygen atoms in total. The molecule has 1 aliphatic rings. The molecule has 0 aliphatic heterocycles. The SMILES string of the molecule is CCn1nc(C(=O)NC[C@@]2(O)CC[C@H](C)C[C@@H]2O)c(Cl)c1-c1ccc(C[C@H](C)C(F)(F)F)cc1OC(F)F.O=S=O. The summed E-state index contributed by atoms with van der Waals surface area (Å²) in [4.78, 5) is 12.9. The van der Waals surface area contributed by atoms with Crippen LogP contribution in [0.1, 0.15) is 56.1 Å². The van der Waals surface area contributed by atoms with Gasteiger partial charge in [-0.15, -0.1) is 0 Å². The van der Waals surface area contributed by atoms with Gasteiger partial charge < -0.3 is 20.3 Å². The maximum absolute atomic E-state index is 13.2. The fraction of sp³-hybridized carbons (Fsp3) is 0.600. The van der Waals surface area contributed by atoms with Crippen molar-refractivity contribution in [2.45, 2.75) is 77.5 Å². The van der Waals surface area contributed by atoms with Crippen molar-refractivity contribution in [1.82, 2.24) is 15.1 Å². The van der Waals surface area contributed by atoms with Crippen molar-refractivity contribution in [1.29, 1.82) is 0 Å². The molecule has 41 heavy (non-hydrogen) atoms. The number of benzene rings is 1. The Labute approximate surface area is 241 Å². The molecule has 0 unspecified atom stereocenters. The van der Waals surface area contributed by atoms with E-state index in [1.54, 1.807) is 6.92 Å². The summed E-state index contributed by atoms with van der Waals surface area (Å²) >= 11 is 5.74. The van der Waals surface area contributed by atoms with Gasteiger partial charge in [-0.05, 0) is 56.2 Å². The van der Waals surface area contributed by atoms with E-state index in [2.05, 4.69) is 15.2 Å². The maximum atomic E-state index is 13.2. The van der Waals surface area contributed by atoms with E-state index >= 15 is 0 Å². The third-order valence-corrected chi connectivity index (χ3v) is 7.26. The highest BCUT2D eigenvalue weighted by Gasteiger charge is 2.41. The molecule has 1 fully saturated rings. The van der Waals surface area contributed by atoms with Crippen molar-refractivity contribution < 1.29 is 50.1 Å². The smallest absolute Gasteiger partial charge is 0.391 e. The largest absolute Gasteiger partial charge is 0.434 e. The number of alkyl halides is 5. The van der Waals surface area contributed by atoms with Gasteiger partial charge >= 0.3 is 24.4 Å². The maximum Gasteiger partial charge on any atom is 0.391 e. The molecule has 0 spiro atoms. The number of aromatic nitrogens is 2. The first kappa shape index (κ1) is 34.6. The van der Waals surface area contributed by atoms with Crippen LogP contribution in [0.2, 0.25) is 5.02 Å². The van der Waals surface area contributed by atoms with Gasteiger partial charge in [0.05, 0.1) is 22.7 Å². The van der Waals surface area contributed by atoms with E-state index in [-0.39, 0.29) is 53.0 Å². The van der Waals surface area contributed by atoms with Crippen LogP contribution in [0.3, 0.4) is 0 Å². The molecule has 2 aromatic rings. The standard InChI is InChI=1S/C25H31ClF5N3O4.O2S/c1-4-34-21(16-6-5-15(10-14(3)25(29,30)31)11-17(16)38-23(27)28)19(26)20(33-34)22(36)32-12-24(37)8-7-13(2)9-18(24)35;1-3-2/h5-6,11,13-14,18,23,35,37H,4,7-10,12H2,1-3H3,(H,32,36);/t13-,14-,18-,24-;/m0./s1. The van der Waals surface area contributed by atoms with Gasteiger partial charge in [-0.25, -0.2) is 0 Å². The Morgan fingerprint density at radius 2 is 1.98 bits per heavy atom. The first-order valence-corrected chi connectivity index (χ1v) is 13.6. The third-order valence-electron chi connectivity index (χ3n) is 6.90. The number of rotatable bonds is 9. The van der Waals surface area contributed by atoms with Gasteiger partial charge in [0.15, 0.2) is 5.69 Å². The van der Waals surface area contributed by atoms with Crippen LogP contribution in [0.15, 0.2) is 18.2 Å². The number of carbonyl (C=O) groups excluding carboxylic acids is 1. The molecule has 1 amide bonds. The van der Waals surface area contributed by atoms with Gasteiger partial charge in [0.25, 0.3) is 5.91 Å². The molecule has 0 saturated heterocycles. The Morgan fingerprint density at radius 1 is 1.34 bits per heavy atom. The van der Waals surface area contributed by atoms with Gasteiger partial charge in [0, 0.05) is 18.7 Å². The summed E-state index contributed by atoms with van der Waals surface area (Å²) in [6, 6.07) is 3.74. The number of nitrogens with one attached hydrogen (secondary N) is 1. The zero-order chi connectivity index (χ0) is 31.1. The Bertz CT molecular complexity index is 1240. The lowest BCUT2D eigenvalue weighted by molar-refractivity contribution is -0.169. The van der Waals surface area contributed by atoms with Crippen LogP contribution in [0.4, 0.5) is 22.0 Å². The second kappa shape index (κ2) is 14.5. The predicted octanol–water partition coefficient (Wildman–Crippen LogP) is 4.54. The minimum absolute atomic E-state index is 0.0161. The number of aryl methyl sites for hydroxylation is 1. The van der Waals surface area contributed by atoms with E-state index in [4.69, 9.17) is 20.0 Å². The second-order valence-electron chi connectivity index (χ2n) is 9.93. The van der Waals surface area contributed by atoms with Crippen molar-refractivity contribution in [3.05, 3.63) is 34.5 Å². The normalized spacial score (nSPS) is 21.6. The highest BCUT2D eigenvalue weighted by Crippen LogP contribution is 2.39. The van der Waals surface area contributed by atoms with Crippen LogP contribution in [-0.4, -0.2) is 65.4 Å². The fourth-order valence-corrected chi connectivity index (χ4v) is 4.85. The highest BCUT2D eigenvalue weighted by atomic mass is 35.5. The van der Waals surface area contributed by atoms with Crippen LogP contribution in [-0.2, 0) is 24.5 Å². The van der Waals surface area contributed by atoms with Crippen LogP contribution < -0.4 is 10.1 Å². The zero-order valence-electron chi connectivity index (χ0n) is 22.4. The summed E-state index contributed by atoms with van der Waals surface area (Å²) in [5, 5.41) is 27.6. The van der Waals surface area contributed by atoms with E-state index < -0.39 is 60.1 Å². The molecule has 4 atom stereocenters. The molecule has 3 rings (SSSR count). The molecule has 1 aliphatic carbocycles. The monoisotopic (exact) mass is 631 g/mol. The first-order chi connectivity index (χ1) is 19.1. The molecular formula is C25H31ClF5N3O6S. The van der Waals surface area contributed by atoms with Gasteiger partial charge in [-0.3, -0.25) is 9.48 Å². The number of carbonyl (C=O) groups is 1. The lowest BCUT2D eigenvalue weighted by atomic mass is 9.77. The summed E-state index contributed by atoms with van der Waals surface area (Å²) < 4.78 is 88.0. The molecule has 230 valence electrons. The summed E-state index contributed by atoms with van der Waals surface area (Å²) in [6.45, 7) is 1.26. The van der Waals surface area contributed by atoms with Crippen LogP contribution in [0.25, 0.3) is 11.3 Å². The van der Waals surface area contributed by atoms with Gasteiger partial charge in [0.2, 0.25) is 0 Å². The summed E-state index contributed by atoms with van der Waals surface area (Å²) in [6.07, 6.45) is -4.61. The second-order valence-corrected chi connectivity index (χ2v) is 10.4. The Hall–Kier alpha value is -2.62. The number of hydrogen-bond acceptors (Lipinski definition) is 7. The Kier molecular flexibility index (Phi) is 12.2. The van der Waals surface area contributed by atoms with Gasteiger partial charge in [0.1, 0.15) is 11.4 Å². The molecule has 0 radical (unpaired) electrons. The highest BCUT2D eigenvalue weighted by molar-refractivity contribution is 7.51. The topological polar surface area (TPSA) is 131 Å². The van der Waals surface area contributed by atoms with E-state index in [1.807, 2.05) is 6.92 Å². The minimum Gasteiger partial charge on any atom is -0.434 e. The molecule has 1 aromatic carbocycles. The molecular weight excluding hydrogens is 601 g/mol. The molecule has 16 heteroatoms. The lowest BCUT2D eigenvalue weighted by Crippen LogP contribution is -2.54. The van der Waals surface area contributed by atoms with E-state index in [1.165, 1.54) is 16.8 Å². The average Bonchev–Trinajstić information content (AvgIpc) is 3.21. The average molecular weight is 632 g/mol. The minimum atomic E-state index is -4.46. The van der Waals surface area contributed by atoms with Crippen LogP contribution >= 0.6 is 11.6 Å². The van der Waals surface area contributed by atoms with Crippen molar-refractivity contribution >= 4 is 29.1 Å². The molecule has 0 bridgehead atoms. The zero-order valence-corrected chi connectivity index (χ0v) is 24.0.